The standard InChI is InChI=1S/C13H22ClN3O.ClH/c1-9(2)11(15)5-6-16(3)13(18)12-7-10(14)8-17(12)4;/h7-9,11H,5-6,15H2,1-4H3;1H. The molecule has 1 aromatic heterocycles. The molecule has 1 heterocycles. The number of carbonyl (C=O) groups is 1. The lowest BCUT2D eigenvalue weighted by molar-refractivity contribution is 0.0780. The van der Waals surface area contributed by atoms with Crippen LogP contribution in [0.1, 0.15) is 30.8 Å². The van der Waals surface area contributed by atoms with Crippen molar-refractivity contribution in [3.05, 3.63) is 23.0 Å². The Labute approximate surface area is 126 Å². The second-order valence-electron chi connectivity index (χ2n) is 5.08. The quantitative estimate of drug-likeness (QED) is 0.909. The molecule has 1 unspecified atom stereocenters. The summed E-state index contributed by atoms with van der Waals surface area (Å²) in [5, 5.41) is 0.577. The summed E-state index contributed by atoms with van der Waals surface area (Å²) in [7, 11) is 3.60. The highest BCUT2D eigenvalue weighted by Gasteiger charge is 2.17. The number of nitrogens with two attached hydrogens (primary N) is 1. The molecular formula is C13H23Cl2N3O. The van der Waals surface area contributed by atoms with E-state index >= 15 is 0 Å². The van der Waals surface area contributed by atoms with Gasteiger partial charge in [-0.3, -0.25) is 4.79 Å². The van der Waals surface area contributed by atoms with Gasteiger partial charge in [0, 0.05) is 32.9 Å². The Balaban J connectivity index is 0.00000324. The summed E-state index contributed by atoms with van der Waals surface area (Å²) in [6, 6.07) is 1.81. The van der Waals surface area contributed by atoms with E-state index in [0.717, 1.165) is 6.42 Å². The third kappa shape index (κ3) is 5.05. The van der Waals surface area contributed by atoms with E-state index in [1.807, 2.05) is 7.05 Å². The largest absolute Gasteiger partial charge is 0.345 e. The normalized spacial score (nSPS) is 12.2. The van der Waals surface area contributed by atoms with Crippen LogP contribution in [0, 0.1) is 5.92 Å². The summed E-state index contributed by atoms with van der Waals surface area (Å²) in [5.74, 6) is 0.401. The van der Waals surface area contributed by atoms with E-state index in [-0.39, 0.29) is 24.4 Å². The number of rotatable bonds is 5. The monoisotopic (exact) mass is 307 g/mol. The van der Waals surface area contributed by atoms with E-state index in [1.54, 1.807) is 28.8 Å². The summed E-state index contributed by atoms with van der Waals surface area (Å²) in [6.07, 6.45) is 2.53. The van der Waals surface area contributed by atoms with Crippen LogP contribution in [0.2, 0.25) is 5.02 Å². The molecule has 19 heavy (non-hydrogen) atoms. The van der Waals surface area contributed by atoms with Crippen molar-refractivity contribution < 1.29 is 4.79 Å². The van der Waals surface area contributed by atoms with Gasteiger partial charge in [0.25, 0.3) is 5.91 Å². The Morgan fingerprint density at radius 2 is 2.11 bits per heavy atom. The molecule has 1 atom stereocenters. The minimum atomic E-state index is -0.0274. The molecule has 0 aliphatic heterocycles. The molecule has 1 rings (SSSR count). The van der Waals surface area contributed by atoms with Gasteiger partial charge in [-0.2, -0.15) is 0 Å². The second kappa shape index (κ2) is 7.78. The van der Waals surface area contributed by atoms with Gasteiger partial charge in [0.1, 0.15) is 5.69 Å². The molecule has 0 radical (unpaired) electrons. The van der Waals surface area contributed by atoms with Crippen LogP contribution < -0.4 is 5.73 Å². The highest BCUT2D eigenvalue weighted by atomic mass is 35.5. The highest BCUT2D eigenvalue weighted by Crippen LogP contribution is 2.14. The van der Waals surface area contributed by atoms with Crippen molar-refractivity contribution in [2.75, 3.05) is 13.6 Å². The fourth-order valence-electron chi connectivity index (χ4n) is 1.71. The van der Waals surface area contributed by atoms with Crippen LogP contribution in [-0.2, 0) is 7.05 Å². The number of amides is 1. The number of halogens is 2. The Kier molecular flexibility index (Phi) is 7.49. The topological polar surface area (TPSA) is 51.3 Å². The molecule has 0 aromatic carbocycles. The maximum absolute atomic E-state index is 12.2. The molecule has 110 valence electrons. The summed E-state index contributed by atoms with van der Waals surface area (Å²) in [5.41, 5.74) is 6.57. The summed E-state index contributed by atoms with van der Waals surface area (Å²) in [4.78, 5) is 13.9. The first-order chi connectivity index (χ1) is 8.32. The predicted octanol–water partition coefficient (Wildman–Crippen LogP) is 2.55. The first kappa shape index (κ1) is 18.3. The third-order valence-corrected chi connectivity index (χ3v) is 3.40. The molecule has 6 heteroatoms. The van der Waals surface area contributed by atoms with Crippen molar-refractivity contribution in [1.82, 2.24) is 9.47 Å². The second-order valence-corrected chi connectivity index (χ2v) is 5.51. The number of hydrogen-bond donors (Lipinski definition) is 1. The average molecular weight is 308 g/mol. The molecule has 0 saturated heterocycles. The van der Waals surface area contributed by atoms with Crippen molar-refractivity contribution >= 4 is 29.9 Å². The molecular weight excluding hydrogens is 285 g/mol. The van der Waals surface area contributed by atoms with Crippen molar-refractivity contribution in [2.24, 2.45) is 18.7 Å². The van der Waals surface area contributed by atoms with Crippen LogP contribution in [-0.4, -0.2) is 35.0 Å². The zero-order valence-corrected chi connectivity index (χ0v) is 13.5. The van der Waals surface area contributed by atoms with E-state index in [1.165, 1.54) is 0 Å². The lowest BCUT2D eigenvalue weighted by Gasteiger charge is -2.21. The van der Waals surface area contributed by atoms with Crippen LogP contribution in [0.25, 0.3) is 0 Å². The first-order valence-corrected chi connectivity index (χ1v) is 6.53. The average Bonchev–Trinajstić information content (AvgIpc) is 2.63. The van der Waals surface area contributed by atoms with Crippen molar-refractivity contribution in [3.63, 3.8) is 0 Å². The van der Waals surface area contributed by atoms with Crippen LogP contribution in [0.5, 0.6) is 0 Å². The number of nitrogens with zero attached hydrogens (tertiary/aromatic N) is 2. The Morgan fingerprint density at radius 3 is 2.53 bits per heavy atom. The maximum Gasteiger partial charge on any atom is 0.270 e. The van der Waals surface area contributed by atoms with Crippen molar-refractivity contribution in [3.8, 4) is 0 Å². The first-order valence-electron chi connectivity index (χ1n) is 6.15. The van der Waals surface area contributed by atoms with Gasteiger partial charge in [-0.25, -0.2) is 0 Å². The molecule has 2 N–H and O–H groups in total. The summed E-state index contributed by atoms with van der Waals surface area (Å²) < 4.78 is 1.74. The van der Waals surface area contributed by atoms with E-state index in [9.17, 15) is 4.79 Å². The minimum absolute atomic E-state index is 0. The minimum Gasteiger partial charge on any atom is -0.345 e. The molecule has 0 fully saturated rings. The van der Waals surface area contributed by atoms with Crippen molar-refractivity contribution in [2.45, 2.75) is 26.3 Å². The van der Waals surface area contributed by atoms with Gasteiger partial charge in [0.15, 0.2) is 0 Å². The van der Waals surface area contributed by atoms with Crippen LogP contribution in [0.3, 0.4) is 0 Å². The smallest absolute Gasteiger partial charge is 0.270 e. The summed E-state index contributed by atoms with van der Waals surface area (Å²) in [6.45, 7) is 4.83. The predicted molar refractivity (Wildman–Crippen MR) is 82.1 cm³/mol. The fraction of sp³-hybridized carbons (Fsp3) is 0.615. The van der Waals surface area contributed by atoms with Gasteiger partial charge in [0.05, 0.1) is 5.02 Å². The lowest BCUT2D eigenvalue weighted by Crippen LogP contribution is -2.35. The zero-order valence-electron chi connectivity index (χ0n) is 11.9. The molecule has 0 spiro atoms. The molecule has 1 aromatic rings. The molecule has 0 aliphatic rings. The van der Waals surface area contributed by atoms with Gasteiger partial charge in [-0.05, 0) is 18.4 Å². The number of aromatic nitrogens is 1. The Hall–Kier alpha value is -0.710. The fourth-order valence-corrected chi connectivity index (χ4v) is 1.96. The van der Waals surface area contributed by atoms with E-state index < -0.39 is 0 Å². The van der Waals surface area contributed by atoms with Crippen LogP contribution >= 0.6 is 24.0 Å². The van der Waals surface area contributed by atoms with Crippen LogP contribution in [0.15, 0.2) is 12.3 Å². The van der Waals surface area contributed by atoms with Crippen LogP contribution in [0.4, 0.5) is 0 Å². The molecule has 0 bridgehead atoms. The van der Waals surface area contributed by atoms with E-state index in [4.69, 9.17) is 17.3 Å². The number of carbonyl (C=O) groups excluding carboxylic acids is 1. The highest BCUT2D eigenvalue weighted by molar-refractivity contribution is 6.31. The van der Waals surface area contributed by atoms with Crippen molar-refractivity contribution in [1.29, 1.82) is 0 Å². The van der Waals surface area contributed by atoms with Gasteiger partial charge in [-0.15, -0.1) is 12.4 Å². The van der Waals surface area contributed by atoms with Gasteiger partial charge in [0.2, 0.25) is 0 Å². The lowest BCUT2D eigenvalue weighted by atomic mass is 10.0. The van der Waals surface area contributed by atoms with E-state index in [2.05, 4.69) is 13.8 Å². The molecule has 0 saturated carbocycles. The van der Waals surface area contributed by atoms with Gasteiger partial charge in [-0.1, -0.05) is 25.4 Å². The Morgan fingerprint density at radius 1 is 1.53 bits per heavy atom. The summed E-state index contributed by atoms with van der Waals surface area (Å²) >= 11 is 5.87. The number of hydrogen-bond acceptors (Lipinski definition) is 2. The Bertz CT molecular complexity index is 418. The molecule has 0 aliphatic carbocycles. The zero-order chi connectivity index (χ0) is 13.9. The molecule has 4 nitrogen and oxygen atoms in total. The van der Waals surface area contributed by atoms with Gasteiger partial charge >= 0.3 is 0 Å². The maximum atomic E-state index is 12.2. The number of aryl methyl sites for hydroxylation is 1. The molecule has 1 amide bonds. The van der Waals surface area contributed by atoms with Gasteiger partial charge < -0.3 is 15.2 Å². The van der Waals surface area contributed by atoms with E-state index in [0.29, 0.717) is 23.2 Å². The SMILES string of the molecule is CC(C)C(N)CCN(C)C(=O)c1cc(Cl)cn1C.Cl. The third-order valence-electron chi connectivity index (χ3n) is 3.19.